The minimum Gasteiger partial charge on any atom is -0.354 e. The van der Waals surface area contributed by atoms with Crippen LogP contribution in [0.15, 0.2) is 18.3 Å². The number of nitrogens with zero attached hydrogens (tertiary/aromatic N) is 1. The molecule has 0 amide bonds. The largest absolute Gasteiger partial charge is 0.354 e. The van der Waals surface area contributed by atoms with Gasteiger partial charge in [0.05, 0.1) is 0 Å². The second-order valence-corrected chi connectivity index (χ2v) is 6.26. The van der Waals surface area contributed by atoms with Crippen molar-refractivity contribution >= 4 is 0 Å². The van der Waals surface area contributed by atoms with Crippen molar-refractivity contribution < 1.29 is 0 Å². The highest BCUT2D eigenvalue weighted by Gasteiger charge is 2.13. The molecule has 108 valence electrons. The van der Waals surface area contributed by atoms with Crippen molar-refractivity contribution in [2.75, 3.05) is 0 Å². The van der Waals surface area contributed by atoms with Gasteiger partial charge >= 0.3 is 0 Å². The summed E-state index contributed by atoms with van der Waals surface area (Å²) in [6, 6.07) is 5.79. The van der Waals surface area contributed by atoms with E-state index in [1.807, 2.05) is 0 Å². The standard InChI is InChI=1S/C17H30N2/c1-15(12-13-17-11-8-14-19(17)2)18-16-9-6-4-3-5-7-10-16/h8,11,14-16,18H,3-7,9-10,12-13H2,1-2H3. The van der Waals surface area contributed by atoms with Crippen molar-refractivity contribution in [3.63, 3.8) is 0 Å². The van der Waals surface area contributed by atoms with Crippen LogP contribution in [-0.4, -0.2) is 16.7 Å². The minimum absolute atomic E-state index is 0.638. The molecular weight excluding hydrogens is 232 g/mol. The van der Waals surface area contributed by atoms with Crippen LogP contribution in [0.1, 0.15) is 64.0 Å². The molecule has 0 spiro atoms. The molecule has 0 saturated heterocycles. The molecule has 1 unspecified atom stereocenters. The van der Waals surface area contributed by atoms with Gasteiger partial charge in [-0.3, -0.25) is 0 Å². The molecular formula is C17H30N2. The lowest BCUT2D eigenvalue weighted by atomic mass is 9.96. The highest BCUT2D eigenvalue weighted by molar-refractivity contribution is 5.06. The van der Waals surface area contributed by atoms with Crippen LogP contribution >= 0.6 is 0 Å². The maximum atomic E-state index is 3.86. The van der Waals surface area contributed by atoms with E-state index in [1.54, 1.807) is 0 Å². The second kappa shape index (κ2) is 7.74. The first-order chi connectivity index (χ1) is 9.25. The van der Waals surface area contributed by atoms with Crippen LogP contribution in [0.25, 0.3) is 0 Å². The summed E-state index contributed by atoms with van der Waals surface area (Å²) in [6.45, 7) is 2.35. The summed E-state index contributed by atoms with van der Waals surface area (Å²) in [7, 11) is 2.14. The van der Waals surface area contributed by atoms with Crippen LogP contribution in [0.3, 0.4) is 0 Å². The molecule has 0 aliphatic heterocycles. The SMILES string of the molecule is CC(CCc1cccn1C)NC1CCCCCCC1. The molecule has 1 aliphatic carbocycles. The predicted octanol–water partition coefficient (Wildman–Crippen LogP) is 4.05. The third-order valence-electron chi connectivity index (χ3n) is 4.51. The maximum absolute atomic E-state index is 3.86. The summed E-state index contributed by atoms with van der Waals surface area (Å²) in [4.78, 5) is 0. The Morgan fingerprint density at radius 1 is 1.21 bits per heavy atom. The zero-order valence-corrected chi connectivity index (χ0v) is 12.7. The van der Waals surface area contributed by atoms with Gasteiger partial charge in [-0.25, -0.2) is 0 Å². The van der Waals surface area contributed by atoms with Gasteiger partial charge in [0, 0.05) is 31.0 Å². The van der Waals surface area contributed by atoms with Crippen molar-refractivity contribution in [3.05, 3.63) is 24.0 Å². The summed E-state index contributed by atoms with van der Waals surface area (Å²) in [5.74, 6) is 0. The van der Waals surface area contributed by atoms with E-state index in [0.717, 1.165) is 6.04 Å². The first-order valence-electron chi connectivity index (χ1n) is 8.12. The molecule has 0 aromatic carbocycles. The summed E-state index contributed by atoms with van der Waals surface area (Å²) >= 11 is 0. The zero-order chi connectivity index (χ0) is 13.5. The lowest BCUT2D eigenvalue weighted by molar-refractivity contribution is 0.351. The number of rotatable bonds is 5. The van der Waals surface area contributed by atoms with E-state index in [0.29, 0.717) is 6.04 Å². The van der Waals surface area contributed by atoms with E-state index >= 15 is 0 Å². The van der Waals surface area contributed by atoms with Gasteiger partial charge < -0.3 is 9.88 Å². The molecule has 1 fully saturated rings. The minimum atomic E-state index is 0.638. The quantitative estimate of drug-likeness (QED) is 0.847. The van der Waals surface area contributed by atoms with Crippen LogP contribution in [0.5, 0.6) is 0 Å². The Bertz CT molecular complexity index is 348. The van der Waals surface area contributed by atoms with Crippen LogP contribution in [0.4, 0.5) is 0 Å². The van der Waals surface area contributed by atoms with Crippen molar-refractivity contribution in [1.82, 2.24) is 9.88 Å². The van der Waals surface area contributed by atoms with Gasteiger partial charge in [-0.15, -0.1) is 0 Å². The van der Waals surface area contributed by atoms with Gasteiger partial charge in [-0.05, 0) is 44.7 Å². The highest BCUT2D eigenvalue weighted by Crippen LogP contribution is 2.18. The Morgan fingerprint density at radius 2 is 1.89 bits per heavy atom. The summed E-state index contributed by atoms with van der Waals surface area (Å²) in [6.07, 6.45) is 14.5. The molecule has 2 heteroatoms. The molecule has 1 atom stereocenters. The molecule has 19 heavy (non-hydrogen) atoms. The maximum Gasteiger partial charge on any atom is 0.0172 e. The number of hydrogen-bond acceptors (Lipinski definition) is 1. The molecule has 1 aromatic rings. The fraction of sp³-hybridized carbons (Fsp3) is 0.765. The van der Waals surface area contributed by atoms with Gasteiger partial charge in [0.15, 0.2) is 0 Å². The van der Waals surface area contributed by atoms with Gasteiger partial charge in [0.1, 0.15) is 0 Å². The van der Waals surface area contributed by atoms with E-state index < -0.39 is 0 Å². The normalized spacial score (nSPS) is 19.9. The Labute approximate surface area is 118 Å². The second-order valence-electron chi connectivity index (χ2n) is 6.26. The monoisotopic (exact) mass is 262 g/mol. The zero-order valence-electron chi connectivity index (χ0n) is 12.7. The number of aromatic nitrogens is 1. The van der Waals surface area contributed by atoms with Crippen LogP contribution in [0.2, 0.25) is 0 Å². The van der Waals surface area contributed by atoms with Crippen LogP contribution in [0, 0.1) is 0 Å². The summed E-state index contributed by atoms with van der Waals surface area (Å²) in [5.41, 5.74) is 1.45. The third-order valence-corrected chi connectivity index (χ3v) is 4.51. The molecule has 2 rings (SSSR count). The molecule has 1 heterocycles. The summed E-state index contributed by atoms with van der Waals surface area (Å²) < 4.78 is 2.24. The fourth-order valence-electron chi connectivity index (χ4n) is 3.23. The van der Waals surface area contributed by atoms with Gasteiger partial charge in [0.25, 0.3) is 0 Å². The van der Waals surface area contributed by atoms with Crippen molar-refractivity contribution in [1.29, 1.82) is 0 Å². The average molecular weight is 262 g/mol. The first-order valence-corrected chi connectivity index (χ1v) is 8.12. The van der Waals surface area contributed by atoms with Gasteiger partial charge in [-0.2, -0.15) is 0 Å². The molecule has 0 bridgehead atoms. The molecule has 1 N–H and O–H groups in total. The lowest BCUT2D eigenvalue weighted by Gasteiger charge is -2.25. The van der Waals surface area contributed by atoms with Crippen molar-refractivity contribution in [2.45, 2.75) is 76.8 Å². The molecule has 1 aliphatic rings. The number of aryl methyl sites for hydroxylation is 2. The Hall–Kier alpha value is -0.760. The first kappa shape index (κ1) is 14.6. The summed E-state index contributed by atoms with van der Waals surface area (Å²) in [5, 5.41) is 3.86. The van der Waals surface area contributed by atoms with Crippen molar-refractivity contribution in [3.8, 4) is 0 Å². The topological polar surface area (TPSA) is 17.0 Å². The van der Waals surface area contributed by atoms with E-state index in [2.05, 4.69) is 42.2 Å². The predicted molar refractivity (Wildman–Crippen MR) is 82.4 cm³/mol. The van der Waals surface area contributed by atoms with E-state index in [4.69, 9.17) is 0 Å². The molecule has 1 saturated carbocycles. The number of nitrogens with one attached hydrogen (secondary N) is 1. The van der Waals surface area contributed by atoms with E-state index in [1.165, 1.54) is 63.5 Å². The lowest BCUT2D eigenvalue weighted by Crippen LogP contribution is -2.37. The molecule has 1 aromatic heterocycles. The fourth-order valence-corrected chi connectivity index (χ4v) is 3.23. The Balaban J connectivity index is 1.70. The van der Waals surface area contributed by atoms with Crippen LogP contribution < -0.4 is 5.32 Å². The van der Waals surface area contributed by atoms with Gasteiger partial charge in [0.2, 0.25) is 0 Å². The average Bonchev–Trinajstić information content (AvgIpc) is 2.76. The third kappa shape index (κ3) is 5.02. The van der Waals surface area contributed by atoms with E-state index in [-0.39, 0.29) is 0 Å². The number of hydrogen-bond donors (Lipinski definition) is 1. The Morgan fingerprint density at radius 3 is 2.53 bits per heavy atom. The Kier molecular flexibility index (Phi) is 5.96. The van der Waals surface area contributed by atoms with Gasteiger partial charge in [-0.1, -0.05) is 32.1 Å². The molecule has 2 nitrogen and oxygen atoms in total. The van der Waals surface area contributed by atoms with E-state index in [9.17, 15) is 0 Å². The van der Waals surface area contributed by atoms with Crippen molar-refractivity contribution in [2.24, 2.45) is 7.05 Å². The molecule has 0 radical (unpaired) electrons. The van der Waals surface area contributed by atoms with Crippen LogP contribution in [-0.2, 0) is 13.5 Å². The highest BCUT2D eigenvalue weighted by atomic mass is 14.9. The smallest absolute Gasteiger partial charge is 0.0172 e.